The molecule has 0 spiro atoms. The van der Waals surface area contributed by atoms with Crippen LogP contribution in [-0.4, -0.2) is 59.9 Å². The van der Waals surface area contributed by atoms with Gasteiger partial charge in [-0.1, -0.05) is 205 Å². The third-order valence-corrected chi connectivity index (χ3v) is 12.3. The Morgan fingerprint density at radius 3 is 1.34 bits per heavy atom. The van der Waals surface area contributed by atoms with Gasteiger partial charge >= 0.3 is 25.7 Å². The summed E-state index contributed by atoms with van der Waals surface area (Å²) in [5.74, 6) is -2.41. The average molecular weight is 900 g/mol. The highest BCUT2D eigenvalue weighted by molar-refractivity contribution is 7.47. The van der Waals surface area contributed by atoms with Gasteiger partial charge in [-0.25, -0.2) is 4.57 Å². The molecule has 0 aromatic heterocycles. The summed E-state index contributed by atoms with van der Waals surface area (Å²) in [6, 6.07) is -1.52. The lowest BCUT2D eigenvalue weighted by molar-refractivity contribution is -0.161. The minimum atomic E-state index is -4.72. The highest BCUT2D eigenvalue weighted by Gasteiger charge is 2.28. The number of phosphoric ester groups is 1. The summed E-state index contributed by atoms with van der Waals surface area (Å²) in [5, 5.41) is 8.91. The first-order chi connectivity index (χ1) is 30.1. The van der Waals surface area contributed by atoms with Crippen molar-refractivity contribution in [2.24, 2.45) is 5.73 Å². The quantitative estimate of drug-likeness (QED) is 0.0230. The molecule has 0 aliphatic carbocycles. The van der Waals surface area contributed by atoms with Crippen LogP contribution in [0, 0.1) is 0 Å². The van der Waals surface area contributed by atoms with Gasteiger partial charge in [0.2, 0.25) is 0 Å². The highest BCUT2D eigenvalue weighted by Crippen LogP contribution is 2.43. The van der Waals surface area contributed by atoms with Gasteiger partial charge in [-0.2, -0.15) is 0 Å². The maximum Gasteiger partial charge on any atom is 0.472 e. The molecule has 0 bridgehead atoms. The van der Waals surface area contributed by atoms with Gasteiger partial charge < -0.3 is 25.2 Å². The largest absolute Gasteiger partial charge is 0.480 e. The van der Waals surface area contributed by atoms with Crippen molar-refractivity contribution < 1.29 is 47.5 Å². The standard InChI is InChI=1S/C50H94NO10P/c1-3-5-7-9-11-13-15-17-19-20-21-22-23-24-25-26-28-30-32-34-36-38-40-42-49(53)61-46(44-59-62(56,57)60-45-47(51)50(54)55)43-58-48(52)41-39-37-35-33-31-29-27-18-16-14-12-10-8-6-4-2/h4,34,36,46-47H,2-3,5-33,35,37-45,51H2,1H3,(H,54,55)(H,56,57)/b36-34+/t46-,47-/m0/s1. The van der Waals surface area contributed by atoms with Crippen molar-refractivity contribution in [1.82, 2.24) is 0 Å². The molecule has 0 heterocycles. The minimum Gasteiger partial charge on any atom is -0.480 e. The number of aliphatic carboxylic acids is 1. The van der Waals surface area contributed by atoms with Crippen LogP contribution in [0.4, 0.5) is 0 Å². The molecule has 4 N–H and O–H groups in total. The second-order valence-corrected chi connectivity index (χ2v) is 18.8. The molecule has 1 unspecified atom stereocenters. The van der Waals surface area contributed by atoms with E-state index in [-0.39, 0.29) is 19.4 Å². The topological polar surface area (TPSA) is 172 Å². The van der Waals surface area contributed by atoms with E-state index in [9.17, 15) is 23.8 Å². The van der Waals surface area contributed by atoms with E-state index in [2.05, 4.69) is 30.2 Å². The summed E-state index contributed by atoms with van der Waals surface area (Å²) in [6.07, 6.45) is 48.7. The Labute approximate surface area is 379 Å². The van der Waals surface area contributed by atoms with Crippen molar-refractivity contribution in [3.63, 3.8) is 0 Å². The number of carbonyl (C=O) groups excluding carboxylic acids is 2. The van der Waals surface area contributed by atoms with Crippen LogP contribution in [0.15, 0.2) is 24.8 Å². The lowest BCUT2D eigenvalue weighted by Crippen LogP contribution is -2.34. The summed E-state index contributed by atoms with van der Waals surface area (Å²) in [5.41, 5.74) is 5.35. The molecule has 3 atom stereocenters. The maximum atomic E-state index is 12.7. The van der Waals surface area contributed by atoms with E-state index >= 15 is 0 Å². The molecule has 0 aromatic rings. The molecule has 12 heteroatoms. The molecular weight excluding hydrogens is 806 g/mol. The third-order valence-electron chi connectivity index (χ3n) is 11.3. The maximum absolute atomic E-state index is 12.7. The zero-order valence-electron chi connectivity index (χ0n) is 39.6. The van der Waals surface area contributed by atoms with E-state index in [1.807, 2.05) is 6.08 Å². The first kappa shape index (κ1) is 60.0. The number of ether oxygens (including phenoxy) is 2. The number of carbonyl (C=O) groups is 3. The molecule has 0 aromatic carbocycles. The van der Waals surface area contributed by atoms with Crippen molar-refractivity contribution in [3.05, 3.63) is 24.8 Å². The van der Waals surface area contributed by atoms with Crippen LogP contribution in [0.2, 0.25) is 0 Å². The summed E-state index contributed by atoms with van der Waals surface area (Å²) in [7, 11) is -4.72. The molecule has 0 saturated heterocycles. The van der Waals surface area contributed by atoms with Crippen LogP contribution in [0.1, 0.15) is 244 Å². The monoisotopic (exact) mass is 900 g/mol. The van der Waals surface area contributed by atoms with Gasteiger partial charge in [0.05, 0.1) is 13.2 Å². The normalized spacial score (nSPS) is 13.5. The van der Waals surface area contributed by atoms with Crippen LogP contribution >= 0.6 is 7.82 Å². The fourth-order valence-electron chi connectivity index (χ4n) is 7.35. The van der Waals surface area contributed by atoms with Gasteiger partial charge in [0.1, 0.15) is 12.6 Å². The summed E-state index contributed by atoms with van der Waals surface area (Å²) < 4.78 is 32.8. The fourth-order valence-corrected chi connectivity index (χ4v) is 8.12. The lowest BCUT2D eigenvalue weighted by atomic mass is 10.0. The molecule has 0 rings (SSSR count). The van der Waals surface area contributed by atoms with E-state index in [4.69, 9.17) is 24.8 Å². The molecule has 0 fully saturated rings. The fraction of sp³-hybridized carbons (Fsp3) is 0.860. The van der Waals surface area contributed by atoms with Gasteiger partial charge in [-0.05, 0) is 44.9 Å². The van der Waals surface area contributed by atoms with Crippen molar-refractivity contribution in [3.8, 4) is 0 Å². The van der Waals surface area contributed by atoms with Crippen LogP contribution < -0.4 is 5.73 Å². The second-order valence-electron chi connectivity index (χ2n) is 17.4. The zero-order valence-corrected chi connectivity index (χ0v) is 40.5. The number of phosphoric acid groups is 1. The molecular formula is C50H94NO10P. The first-order valence-corrected chi connectivity index (χ1v) is 26.8. The van der Waals surface area contributed by atoms with E-state index in [0.29, 0.717) is 19.3 Å². The Balaban J connectivity index is 4.22. The third kappa shape index (κ3) is 44.6. The number of hydrogen-bond donors (Lipinski definition) is 3. The van der Waals surface area contributed by atoms with Gasteiger partial charge in [0.15, 0.2) is 6.10 Å². The molecule has 364 valence electrons. The molecule has 11 nitrogen and oxygen atoms in total. The van der Waals surface area contributed by atoms with E-state index in [1.54, 1.807) is 0 Å². The molecule has 62 heavy (non-hydrogen) atoms. The Bertz CT molecular complexity index is 1140. The van der Waals surface area contributed by atoms with Crippen molar-refractivity contribution in [2.75, 3.05) is 19.8 Å². The van der Waals surface area contributed by atoms with E-state index < -0.39 is 51.1 Å². The predicted molar refractivity (Wildman–Crippen MR) is 254 cm³/mol. The lowest BCUT2D eigenvalue weighted by Gasteiger charge is -2.20. The number of rotatable bonds is 49. The van der Waals surface area contributed by atoms with Gasteiger partial charge in [0.25, 0.3) is 0 Å². The van der Waals surface area contributed by atoms with Crippen molar-refractivity contribution >= 4 is 25.7 Å². The smallest absolute Gasteiger partial charge is 0.472 e. The Morgan fingerprint density at radius 2 is 0.903 bits per heavy atom. The van der Waals surface area contributed by atoms with Crippen molar-refractivity contribution in [2.45, 2.75) is 257 Å². The predicted octanol–water partition coefficient (Wildman–Crippen LogP) is 14.2. The van der Waals surface area contributed by atoms with Crippen LogP contribution in [-0.2, 0) is 37.5 Å². The summed E-state index contributed by atoms with van der Waals surface area (Å²) in [4.78, 5) is 46.1. The van der Waals surface area contributed by atoms with Crippen LogP contribution in [0.5, 0.6) is 0 Å². The number of carboxylic acid groups (broad SMARTS) is 1. The van der Waals surface area contributed by atoms with E-state index in [1.165, 1.54) is 167 Å². The van der Waals surface area contributed by atoms with Crippen LogP contribution in [0.25, 0.3) is 0 Å². The number of nitrogens with two attached hydrogens (primary N) is 1. The van der Waals surface area contributed by atoms with Crippen LogP contribution in [0.3, 0.4) is 0 Å². The number of unbranched alkanes of at least 4 members (excludes halogenated alkanes) is 32. The number of carboxylic acids is 1. The highest BCUT2D eigenvalue weighted by atomic mass is 31.2. The SMILES string of the molecule is C=CCCCCCCCCCCCCCCCC(=O)OC[C@@H](COP(=O)(O)OC[C@H](N)C(=O)O)OC(=O)CCC/C=C/CCCCCCCCCCCCCCCCCCCC. The van der Waals surface area contributed by atoms with Crippen molar-refractivity contribution in [1.29, 1.82) is 0 Å². The first-order valence-electron chi connectivity index (χ1n) is 25.3. The Morgan fingerprint density at radius 1 is 0.532 bits per heavy atom. The second kappa shape index (κ2) is 45.5. The molecule has 0 amide bonds. The van der Waals surface area contributed by atoms with Gasteiger partial charge in [-0.15, -0.1) is 6.58 Å². The minimum absolute atomic E-state index is 0.116. The molecule has 0 aliphatic rings. The number of esters is 2. The Kier molecular flexibility index (Phi) is 44.0. The van der Waals surface area contributed by atoms with Gasteiger partial charge in [0, 0.05) is 12.8 Å². The summed E-state index contributed by atoms with van der Waals surface area (Å²) in [6.45, 7) is 4.34. The number of allylic oxidation sites excluding steroid dienone is 3. The number of hydrogen-bond acceptors (Lipinski definition) is 9. The van der Waals surface area contributed by atoms with Gasteiger partial charge in [-0.3, -0.25) is 23.4 Å². The molecule has 0 saturated carbocycles. The Hall–Kier alpha value is -2.04. The molecule has 0 radical (unpaired) electrons. The van der Waals surface area contributed by atoms with E-state index in [0.717, 1.165) is 38.5 Å². The summed E-state index contributed by atoms with van der Waals surface area (Å²) >= 11 is 0. The zero-order chi connectivity index (χ0) is 45.6. The average Bonchev–Trinajstić information content (AvgIpc) is 3.25. The molecule has 0 aliphatic heterocycles.